The standard InChI is InChI=1S/C17H10F3N3/c18-12-5-11(7-22-8-12)10-1-2-13-14-9-21-4-3-15(14)23(17(19)20)16(13)6-10/h1-9,17H. The molecule has 0 aliphatic heterocycles. The fourth-order valence-electron chi connectivity index (χ4n) is 2.85. The fraction of sp³-hybridized carbons (Fsp3) is 0.0588. The Bertz CT molecular complexity index is 1020. The van der Waals surface area contributed by atoms with Gasteiger partial charge in [0.2, 0.25) is 0 Å². The van der Waals surface area contributed by atoms with E-state index in [0.29, 0.717) is 32.9 Å². The van der Waals surface area contributed by atoms with Gasteiger partial charge >= 0.3 is 6.55 Å². The van der Waals surface area contributed by atoms with Crippen LogP contribution in [0.1, 0.15) is 6.55 Å². The maximum Gasteiger partial charge on any atom is 0.319 e. The number of alkyl halides is 2. The van der Waals surface area contributed by atoms with Gasteiger partial charge in [0.15, 0.2) is 0 Å². The molecule has 114 valence electrons. The van der Waals surface area contributed by atoms with Gasteiger partial charge in [-0.3, -0.25) is 14.5 Å². The van der Waals surface area contributed by atoms with Gasteiger partial charge in [-0.05, 0) is 23.8 Å². The molecule has 0 spiro atoms. The van der Waals surface area contributed by atoms with Gasteiger partial charge in [-0.1, -0.05) is 12.1 Å². The van der Waals surface area contributed by atoms with E-state index in [9.17, 15) is 13.2 Å². The summed E-state index contributed by atoms with van der Waals surface area (Å²) in [5.41, 5.74) is 1.96. The van der Waals surface area contributed by atoms with E-state index in [0.717, 1.165) is 10.8 Å². The highest BCUT2D eigenvalue weighted by molar-refractivity contribution is 6.08. The van der Waals surface area contributed by atoms with Gasteiger partial charge in [0, 0.05) is 34.9 Å². The molecule has 6 heteroatoms. The molecule has 3 heterocycles. The van der Waals surface area contributed by atoms with Crippen molar-refractivity contribution in [1.29, 1.82) is 0 Å². The normalized spacial score (nSPS) is 11.7. The molecular weight excluding hydrogens is 303 g/mol. The molecule has 1 aromatic carbocycles. The molecule has 0 atom stereocenters. The third-order valence-electron chi connectivity index (χ3n) is 3.84. The van der Waals surface area contributed by atoms with Crippen LogP contribution in [0.5, 0.6) is 0 Å². The summed E-state index contributed by atoms with van der Waals surface area (Å²) >= 11 is 0. The number of aromatic nitrogens is 3. The number of benzene rings is 1. The lowest BCUT2D eigenvalue weighted by atomic mass is 10.1. The molecule has 0 saturated heterocycles. The average Bonchev–Trinajstić information content (AvgIpc) is 2.88. The Hall–Kier alpha value is -2.89. The summed E-state index contributed by atoms with van der Waals surface area (Å²) in [5.74, 6) is -0.471. The third kappa shape index (κ3) is 2.14. The number of pyridine rings is 2. The van der Waals surface area contributed by atoms with Crippen LogP contribution in [0.3, 0.4) is 0 Å². The lowest BCUT2D eigenvalue weighted by molar-refractivity contribution is 0.0796. The molecule has 3 aromatic heterocycles. The van der Waals surface area contributed by atoms with E-state index < -0.39 is 12.4 Å². The summed E-state index contributed by atoms with van der Waals surface area (Å²) in [7, 11) is 0. The summed E-state index contributed by atoms with van der Waals surface area (Å²) in [6.07, 6.45) is 5.66. The highest BCUT2D eigenvalue weighted by Crippen LogP contribution is 2.34. The third-order valence-corrected chi connectivity index (χ3v) is 3.84. The second kappa shape index (κ2) is 5.08. The van der Waals surface area contributed by atoms with E-state index >= 15 is 0 Å². The minimum Gasteiger partial charge on any atom is -0.284 e. The molecule has 4 aromatic rings. The van der Waals surface area contributed by atoms with Crippen molar-refractivity contribution in [3.63, 3.8) is 0 Å². The first-order chi connectivity index (χ1) is 11.1. The molecule has 0 N–H and O–H groups in total. The Morgan fingerprint density at radius 1 is 0.826 bits per heavy atom. The van der Waals surface area contributed by atoms with Crippen LogP contribution < -0.4 is 0 Å². The first kappa shape index (κ1) is 13.8. The maximum absolute atomic E-state index is 13.5. The summed E-state index contributed by atoms with van der Waals surface area (Å²) in [6, 6.07) is 8.02. The molecule has 3 nitrogen and oxygen atoms in total. The zero-order chi connectivity index (χ0) is 16.0. The lowest BCUT2D eigenvalue weighted by Crippen LogP contribution is -1.97. The number of fused-ring (bicyclic) bond motifs is 3. The van der Waals surface area contributed by atoms with Crippen molar-refractivity contribution in [3.8, 4) is 11.1 Å². The second-order valence-electron chi connectivity index (χ2n) is 5.16. The molecule has 0 aliphatic carbocycles. The second-order valence-corrected chi connectivity index (χ2v) is 5.16. The van der Waals surface area contributed by atoms with E-state index in [1.54, 1.807) is 30.5 Å². The number of hydrogen-bond acceptors (Lipinski definition) is 2. The van der Waals surface area contributed by atoms with Crippen molar-refractivity contribution in [3.05, 3.63) is 60.9 Å². The average molecular weight is 313 g/mol. The van der Waals surface area contributed by atoms with Crippen LogP contribution in [0.2, 0.25) is 0 Å². The van der Waals surface area contributed by atoms with Crippen molar-refractivity contribution in [1.82, 2.24) is 14.5 Å². The van der Waals surface area contributed by atoms with Crippen LogP contribution in [0.25, 0.3) is 32.9 Å². The first-order valence-corrected chi connectivity index (χ1v) is 6.92. The van der Waals surface area contributed by atoms with Crippen LogP contribution in [-0.2, 0) is 0 Å². The number of halogens is 3. The van der Waals surface area contributed by atoms with Gasteiger partial charge in [-0.25, -0.2) is 4.39 Å². The van der Waals surface area contributed by atoms with E-state index in [4.69, 9.17) is 0 Å². The van der Waals surface area contributed by atoms with Crippen molar-refractivity contribution < 1.29 is 13.2 Å². The van der Waals surface area contributed by atoms with Crippen molar-refractivity contribution in [2.45, 2.75) is 6.55 Å². The van der Waals surface area contributed by atoms with E-state index in [1.165, 1.54) is 18.5 Å². The monoisotopic (exact) mass is 313 g/mol. The highest BCUT2D eigenvalue weighted by Gasteiger charge is 2.17. The molecule has 0 unspecified atom stereocenters. The van der Waals surface area contributed by atoms with Crippen molar-refractivity contribution in [2.24, 2.45) is 0 Å². The largest absolute Gasteiger partial charge is 0.319 e. The molecule has 0 amide bonds. The summed E-state index contributed by atoms with van der Waals surface area (Å²) < 4.78 is 41.4. The Morgan fingerprint density at radius 2 is 1.70 bits per heavy atom. The first-order valence-electron chi connectivity index (χ1n) is 6.92. The lowest BCUT2D eigenvalue weighted by Gasteiger charge is -2.07. The molecular formula is C17H10F3N3. The minimum atomic E-state index is -2.68. The van der Waals surface area contributed by atoms with Crippen LogP contribution in [0, 0.1) is 5.82 Å². The Balaban J connectivity index is 2.05. The number of hydrogen-bond donors (Lipinski definition) is 0. The fourth-order valence-corrected chi connectivity index (χ4v) is 2.85. The quantitative estimate of drug-likeness (QED) is 0.533. The van der Waals surface area contributed by atoms with Gasteiger partial charge in [-0.15, -0.1) is 0 Å². The molecule has 0 bridgehead atoms. The molecule has 0 saturated carbocycles. The molecule has 4 rings (SSSR count). The Morgan fingerprint density at radius 3 is 2.48 bits per heavy atom. The predicted octanol–water partition coefficient (Wildman–Crippen LogP) is 4.79. The molecule has 0 aliphatic rings. The topological polar surface area (TPSA) is 30.7 Å². The molecule has 0 radical (unpaired) electrons. The van der Waals surface area contributed by atoms with E-state index in [1.807, 2.05) is 0 Å². The van der Waals surface area contributed by atoms with Crippen molar-refractivity contribution >= 4 is 21.8 Å². The maximum atomic E-state index is 13.5. The minimum absolute atomic E-state index is 0.379. The number of rotatable bonds is 2. The van der Waals surface area contributed by atoms with Crippen LogP contribution in [0.4, 0.5) is 13.2 Å². The van der Waals surface area contributed by atoms with Gasteiger partial charge < -0.3 is 0 Å². The van der Waals surface area contributed by atoms with Gasteiger partial charge in [0.05, 0.1) is 17.2 Å². The van der Waals surface area contributed by atoms with Gasteiger partial charge in [-0.2, -0.15) is 8.78 Å². The zero-order valence-electron chi connectivity index (χ0n) is 11.7. The highest BCUT2D eigenvalue weighted by atomic mass is 19.3. The zero-order valence-corrected chi connectivity index (χ0v) is 11.7. The van der Waals surface area contributed by atoms with Gasteiger partial charge in [0.1, 0.15) is 5.82 Å². The van der Waals surface area contributed by atoms with Crippen molar-refractivity contribution in [2.75, 3.05) is 0 Å². The van der Waals surface area contributed by atoms with Crippen LogP contribution >= 0.6 is 0 Å². The smallest absolute Gasteiger partial charge is 0.284 e. The molecule has 23 heavy (non-hydrogen) atoms. The van der Waals surface area contributed by atoms with Crippen LogP contribution in [0.15, 0.2) is 55.1 Å². The van der Waals surface area contributed by atoms with E-state index in [2.05, 4.69) is 9.97 Å². The number of nitrogens with zero attached hydrogens (tertiary/aromatic N) is 3. The Labute approximate surface area is 129 Å². The summed E-state index contributed by atoms with van der Waals surface area (Å²) in [5, 5.41) is 1.34. The Kier molecular flexibility index (Phi) is 3.04. The predicted molar refractivity (Wildman–Crippen MR) is 81.7 cm³/mol. The van der Waals surface area contributed by atoms with E-state index in [-0.39, 0.29) is 0 Å². The van der Waals surface area contributed by atoms with Gasteiger partial charge in [0.25, 0.3) is 0 Å². The summed E-state index contributed by atoms with van der Waals surface area (Å²) in [6.45, 7) is -2.68. The van der Waals surface area contributed by atoms with Crippen LogP contribution in [-0.4, -0.2) is 14.5 Å². The SMILES string of the molecule is Fc1cncc(-c2ccc3c4cnccc4n(C(F)F)c3c2)c1. The molecule has 0 fully saturated rings. The summed E-state index contributed by atoms with van der Waals surface area (Å²) in [4.78, 5) is 7.81.